The quantitative estimate of drug-likeness (QED) is 0.605. The van der Waals surface area contributed by atoms with E-state index in [4.69, 9.17) is 11.1 Å². The van der Waals surface area contributed by atoms with Gasteiger partial charge in [-0.25, -0.2) is 0 Å². The molecule has 1 aliphatic rings. The summed E-state index contributed by atoms with van der Waals surface area (Å²) in [4.78, 5) is 3.92. The summed E-state index contributed by atoms with van der Waals surface area (Å²) in [6.07, 6.45) is 1.15. The summed E-state index contributed by atoms with van der Waals surface area (Å²) < 4.78 is 0. The lowest BCUT2D eigenvalue weighted by Gasteiger charge is -2.28. The molecular weight excluding hydrogens is 206 g/mol. The second-order valence-corrected chi connectivity index (χ2v) is 5.21. The Morgan fingerprint density at radius 1 is 1.73 bits per heavy atom. The predicted molar refractivity (Wildman–Crippen MR) is 64.4 cm³/mol. The van der Waals surface area contributed by atoms with E-state index in [9.17, 15) is 0 Å². The second-order valence-electron chi connectivity index (χ2n) is 4.21. The lowest BCUT2D eigenvalue weighted by molar-refractivity contribution is 0.241. The van der Waals surface area contributed by atoms with Gasteiger partial charge < -0.3 is 5.73 Å². The molecule has 4 heteroatoms. The van der Waals surface area contributed by atoms with Gasteiger partial charge in [0.05, 0.1) is 5.84 Å². The maximum absolute atomic E-state index is 7.39. The van der Waals surface area contributed by atoms with E-state index in [-0.39, 0.29) is 5.92 Å². The molecule has 0 fully saturated rings. The second kappa shape index (κ2) is 4.33. The molecule has 0 saturated heterocycles. The van der Waals surface area contributed by atoms with Crippen LogP contribution in [0.1, 0.15) is 17.4 Å². The van der Waals surface area contributed by atoms with Gasteiger partial charge in [0.2, 0.25) is 0 Å². The maximum Gasteiger partial charge on any atom is 0.0947 e. The normalized spacial score (nSPS) is 18.5. The number of rotatable bonds is 3. The number of hydrogen-bond acceptors (Lipinski definition) is 3. The van der Waals surface area contributed by atoms with Crippen LogP contribution in [0.15, 0.2) is 11.4 Å². The third kappa shape index (κ3) is 2.38. The number of amidine groups is 1. The molecule has 1 aliphatic heterocycles. The van der Waals surface area contributed by atoms with Gasteiger partial charge >= 0.3 is 0 Å². The van der Waals surface area contributed by atoms with Gasteiger partial charge in [0, 0.05) is 30.4 Å². The van der Waals surface area contributed by atoms with E-state index in [1.165, 1.54) is 10.4 Å². The van der Waals surface area contributed by atoms with Crippen LogP contribution in [0, 0.1) is 11.3 Å². The van der Waals surface area contributed by atoms with Crippen molar-refractivity contribution in [3.63, 3.8) is 0 Å². The fraction of sp³-hybridized carbons (Fsp3) is 0.545. The SMILES string of the molecule is CC(CN1CCc2sccc2C1)C(=N)N. The summed E-state index contributed by atoms with van der Waals surface area (Å²) >= 11 is 1.86. The first-order chi connectivity index (χ1) is 7.16. The molecule has 0 aromatic carbocycles. The first kappa shape index (κ1) is 10.6. The van der Waals surface area contributed by atoms with Crippen LogP contribution in [0.25, 0.3) is 0 Å². The summed E-state index contributed by atoms with van der Waals surface area (Å²) in [5.41, 5.74) is 6.95. The first-order valence-electron chi connectivity index (χ1n) is 5.28. The van der Waals surface area contributed by atoms with Crippen LogP contribution in [0.5, 0.6) is 0 Å². The molecule has 0 aliphatic carbocycles. The van der Waals surface area contributed by atoms with E-state index in [0.717, 1.165) is 26.1 Å². The highest BCUT2D eigenvalue weighted by molar-refractivity contribution is 7.10. The van der Waals surface area contributed by atoms with Gasteiger partial charge in [-0.15, -0.1) is 11.3 Å². The molecule has 3 N–H and O–H groups in total. The largest absolute Gasteiger partial charge is 0.387 e. The van der Waals surface area contributed by atoms with Crippen LogP contribution in [-0.4, -0.2) is 23.8 Å². The van der Waals surface area contributed by atoms with E-state index < -0.39 is 0 Å². The summed E-state index contributed by atoms with van der Waals surface area (Å²) in [6, 6.07) is 2.21. The molecule has 3 nitrogen and oxygen atoms in total. The smallest absolute Gasteiger partial charge is 0.0947 e. The van der Waals surface area contributed by atoms with Gasteiger partial charge in [-0.3, -0.25) is 10.3 Å². The van der Waals surface area contributed by atoms with Crippen LogP contribution in [0.2, 0.25) is 0 Å². The molecule has 0 radical (unpaired) electrons. The van der Waals surface area contributed by atoms with Crippen LogP contribution in [0.3, 0.4) is 0 Å². The Labute approximate surface area is 94.4 Å². The highest BCUT2D eigenvalue weighted by atomic mass is 32.1. The first-order valence-corrected chi connectivity index (χ1v) is 6.16. The molecule has 1 aromatic rings. The van der Waals surface area contributed by atoms with Crippen LogP contribution < -0.4 is 5.73 Å². The van der Waals surface area contributed by atoms with Crippen molar-refractivity contribution in [2.45, 2.75) is 19.9 Å². The molecule has 2 heterocycles. The van der Waals surface area contributed by atoms with Crippen molar-refractivity contribution in [3.05, 3.63) is 21.9 Å². The van der Waals surface area contributed by atoms with E-state index >= 15 is 0 Å². The fourth-order valence-corrected chi connectivity index (χ4v) is 2.84. The van der Waals surface area contributed by atoms with E-state index in [1.54, 1.807) is 0 Å². The van der Waals surface area contributed by atoms with Crippen LogP contribution in [-0.2, 0) is 13.0 Å². The van der Waals surface area contributed by atoms with Gasteiger partial charge in [-0.2, -0.15) is 0 Å². The summed E-state index contributed by atoms with van der Waals surface area (Å²) in [5.74, 6) is 0.469. The van der Waals surface area contributed by atoms with Crippen molar-refractivity contribution in [1.82, 2.24) is 4.90 Å². The molecule has 82 valence electrons. The van der Waals surface area contributed by atoms with E-state index in [2.05, 4.69) is 16.3 Å². The zero-order chi connectivity index (χ0) is 10.8. The number of nitrogens with two attached hydrogens (primary N) is 1. The fourth-order valence-electron chi connectivity index (χ4n) is 1.95. The number of hydrogen-bond donors (Lipinski definition) is 2. The average molecular weight is 223 g/mol. The van der Waals surface area contributed by atoms with Gasteiger partial charge in [-0.1, -0.05) is 6.92 Å². The topological polar surface area (TPSA) is 53.1 Å². The predicted octanol–water partition coefficient (Wildman–Crippen LogP) is 1.68. The molecule has 1 unspecified atom stereocenters. The molecule has 1 atom stereocenters. The van der Waals surface area contributed by atoms with Crippen molar-refractivity contribution in [2.75, 3.05) is 13.1 Å². The molecule has 0 saturated carbocycles. The molecule has 0 amide bonds. The number of fused-ring (bicyclic) bond motifs is 1. The zero-order valence-corrected chi connectivity index (χ0v) is 9.81. The third-order valence-electron chi connectivity index (χ3n) is 2.95. The Balaban J connectivity index is 1.95. The molecule has 2 rings (SSSR count). The van der Waals surface area contributed by atoms with Crippen molar-refractivity contribution >= 4 is 17.2 Å². The number of thiophene rings is 1. The standard InChI is InChI=1S/C11H17N3S/c1-8(11(12)13)6-14-4-2-10-9(7-14)3-5-15-10/h3,5,8H,2,4,6-7H2,1H3,(H3,12,13). The molecule has 1 aromatic heterocycles. The molecule has 0 bridgehead atoms. The van der Waals surface area contributed by atoms with E-state index in [1.807, 2.05) is 18.3 Å². The zero-order valence-electron chi connectivity index (χ0n) is 8.99. The van der Waals surface area contributed by atoms with Gasteiger partial charge in [-0.05, 0) is 23.4 Å². The Morgan fingerprint density at radius 3 is 3.27 bits per heavy atom. The Kier molecular flexibility index (Phi) is 3.07. The van der Waals surface area contributed by atoms with E-state index in [0.29, 0.717) is 5.84 Å². The van der Waals surface area contributed by atoms with Gasteiger partial charge in [0.25, 0.3) is 0 Å². The molecular formula is C11H17N3S. The number of nitrogens with one attached hydrogen (secondary N) is 1. The Morgan fingerprint density at radius 2 is 2.53 bits per heavy atom. The maximum atomic E-state index is 7.39. The Bertz CT molecular complexity index is 358. The lowest BCUT2D eigenvalue weighted by Crippen LogP contribution is -2.37. The molecule has 15 heavy (non-hydrogen) atoms. The summed E-state index contributed by atoms with van der Waals surface area (Å²) in [7, 11) is 0. The van der Waals surface area contributed by atoms with Crippen molar-refractivity contribution in [3.8, 4) is 0 Å². The lowest BCUT2D eigenvalue weighted by atomic mass is 10.1. The minimum Gasteiger partial charge on any atom is -0.387 e. The minimum absolute atomic E-state index is 0.171. The van der Waals surface area contributed by atoms with Crippen molar-refractivity contribution in [2.24, 2.45) is 11.7 Å². The van der Waals surface area contributed by atoms with Crippen molar-refractivity contribution in [1.29, 1.82) is 5.41 Å². The van der Waals surface area contributed by atoms with Crippen LogP contribution >= 0.6 is 11.3 Å². The highest BCUT2D eigenvalue weighted by Crippen LogP contribution is 2.24. The van der Waals surface area contributed by atoms with Crippen molar-refractivity contribution < 1.29 is 0 Å². The summed E-state index contributed by atoms with van der Waals surface area (Å²) in [5, 5.41) is 9.56. The van der Waals surface area contributed by atoms with Gasteiger partial charge in [0.15, 0.2) is 0 Å². The van der Waals surface area contributed by atoms with Gasteiger partial charge in [0.1, 0.15) is 0 Å². The molecule has 0 spiro atoms. The third-order valence-corrected chi connectivity index (χ3v) is 3.97. The Hall–Kier alpha value is -0.870. The average Bonchev–Trinajstić information content (AvgIpc) is 2.64. The van der Waals surface area contributed by atoms with Crippen LogP contribution in [0.4, 0.5) is 0 Å². The summed E-state index contributed by atoms with van der Waals surface area (Å²) in [6.45, 7) is 5.05. The minimum atomic E-state index is 0.171. The highest BCUT2D eigenvalue weighted by Gasteiger charge is 2.19. The number of nitrogens with zero attached hydrogens (tertiary/aromatic N) is 1. The monoisotopic (exact) mass is 223 g/mol.